The highest BCUT2D eigenvalue weighted by Crippen LogP contribution is 2.42. The van der Waals surface area contributed by atoms with Crippen LogP contribution in [0.1, 0.15) is 5.37 Å². The molecule has 4 atom stereocenters. The number of rotatable bonds is 2. The fraction of sp³-hybridized carbons (Fsp3) is 0.556. The Morgan fingerprint density at radius 2 is 2.24 bits per heavy atom. The van der Waals surface area contributed by atoms with Crippen LogP contribution in [0.3, 0.4) is 0 Å². The molecule has 1 saturated heterocycles. The average molecular weight is 262 g/mol. The molecule has 1 aliphatic rings. The van der Waals surface area contributed by atoms with Crippen LogP contribution in [-0.4, -0.2) is 43.9 Å². The summed E-state index contributed by atoms with van der Waals surface area (Å²) >= 11 is 0.966. The van der Waals surface area contributed by atoms with Crippen molar-refractivity contribution in [1.29, 1.82) is 0 Å². The molecule has 1 aromatic heterocycles. The summed E-state index contributed by atoms with van der Waals surface area (Å²) in [6, 6.07) is 1.10. The normalized spacial score (nSPS) is 32.9. The second-order valence-corrected chi connectivity index (χ2v) is 5.06. The number of hydrogen-bond acceptors (Lipinski definition) is 5. The SMILES string of the molecule is O=c1ccn([C@@H]2S[C@H](CO)C(O)C2F)c(=O)[nH]1. The molecular formula is C9H11FN2O4S. The maximum Gasteiger partial charge on any atom is 0.329 e. The average Bonchev–Trinajstić information content (AvgIpc) is 2.57. The number of alkyl halides is 1. The van der Waals surface area contributed by atoms with Crippen molar-refractivity contribution in [2.75, 3.05) is 6.61 Å². The van der Waals surface area contributed by atoms with Crippen LogP contribution in [0.4, 0.5) is 4.39 Å². The lowest BCUT2D eigenvalue weighted by molar-refractivity contribution is 0.0631. The lowest BCUT2D eigenvalue weighted by atomic mass is 10.1. The first-order valence-corrected chi connectivity index (χ1v) is 5.89. The van der Waals surface area contributed by atoms with Crippen molar-refractivity contribution < 1.29 is 14.6 Å². The van der Waals surface area contributed by atoms with Gasteiger partial charge in [-0.3, -0.25) is 14.3 Å². The minimum atomic E-state index is -1.67. The summed E-state index contributed by atoms with van der Waals surface area (Å²) in [7, 11) is 0. The Hall–Kier alpha value is -1.12. The molecular weight excluding hydrogens is 251 g/mol. The van der Waals surface area contributed by atoms with E-state index in [1.54, 1.807) is 0 Å². The molecule has 0 aliphatic carbocycles. The standard InChI is InChI=1S/C9H11FN2O4S/c10-6-7(15)4(3-13)17-8(6)12-2-1-5(14)11-9(12)16/h1-2,4,6-8,13,15H,3H2,(H,11,14,16)/t4-,6?,7?,8-/m1/s1. The fourth-order valence-corrected chi connectivity index (χ4v) is 3.07. The highest BCUT2D eigenvalue weighted by atomic mass is 32.2. The number of halogens is 1. The number of aromatic nitrogens is 2. The number of hydrogen-bond donors (Lipinski definition) is 3. The highest BCUT2D eigenvalue weighted by Gasteiger charge is 2.44. The predicted octanol–water partition coefficient (Wildman–Crippen LogP) is -1.16. The van der Waals surface area contributed by atoms with E-state index in [0.29, 0.717) is 0 Å². The molecule has 17 heavy (non-hydrogen) atoms. The van der Waals surface area contributed by atoms with Gasteiger partial charge in [-0.05, 0) is 0 Å². The van der Waals surface area contributed by atoms with Gasteiger partial charge in [0.15, 0.2) is 6.17 Å². The number of aliphatic hydroxyl groups excluding tert-OH is 2. The first-order chi connectivity index (χ1) is 8.04. The van der Waals surface area contributed by atoms with Gasteiger partial charge in [-0.2, -0.15) is 0 Å². The minimum Gasteiger partial charge on any atom is -0.395 e. The molecule has 1 aromatic rings. The van der Waals surface area contributed by atoms with Crippen LogP contribution in [0.15, 0.2) is 21.9 Å². The van der Waals surface area contributed by atoms with Crippen LogP contribution >= 0.6 is 11.8 Å². The Kier molecular flexibility index (Phi) is 3.36. The zero-order chi connectivity index (χ0) is 12.6. The Labute approximate surface area is 99.1 Å². The first-order valence-electron chi connectivity index (χ1n) is 4.94. The molecule has 0 radical (unpaired) electrons. The molecule has 6 nitrogen and oxygen atoms in total. The number of nitrogens with one attached hydrogen (secondary N) is 1. The van der Waals surface area contributed by atoms with Gasteiger partial charge in [-0.1, -0.05) is 0 Å². The van der Waals surface area contributed by atoms with E-state index in [-0.39, 0.29) is 6.61 Å². The van der Waals surface area contributed by atoms with Gasteiger partial charge in [-0.25, -0.2) is 9.18 Å². The van der Waals surface area contributed by atoms with E-state index in [1.807, 2.05) is 4.98 Å². The summed E-state index contributed by atoms with van der Waals surface area (Å²) in [5.74, 6) is 0. The van der Waals surface area contributed by atoms with Crippen LogP contribution in [-0.2, 0) is 0 Å². The summed E-state index contributed by atoms with van der Waals surface area (Å²) in [6.45, 7) is -0.374. The Balaban J connectivity index is 2.35. The molecule has 1 fully saturated rings. The van der Waals surface area contributed by atoms with Crippen molar-refractivity contribution in [3.05, 3.63) is 33.1 Å². The van der Waals surface area contributed by atoms with Gasteiger partial charge in [0.05, 0.1) is 11.9 Å². The van der Waals surface area contributed by atoms with Crippen molar-refractivity contribution in [3.63, 3.8) is 0 Å². The van der Waals surface area contributed by atoms with Gasteiger partial charge in [0.2, 0.25) is 0 Å². The van der Waals surface area contributed by atoms with Gasteiger partial charge in [0.1, 0.15) is 11.5 Å². The molecule has 0 aromatic carbocycles. The van der Waals surface area contributed by atoms with Crippen LogP contribution in [0.2, 0.25) is 0 Å². The molecule has 2 heterocycles. The molecule has 0 amide bonds. The maximum atomic E-state index is 13.8. The Bertz CT molecular complexity index is 516. The summed E-state index contributed by atoms with van der Waals surface area (Å²) in [6.07, 6.45) is -1.81. The van der Waals surface area contributed by atoms with Gasteiger partial charge in [-0.15, -0.1) is 11.8 Å². The molecule has 3 N–H and O–H groups in total. The Morgan fingerprint density at radius 1 is 1.53 bits per heavy atom. The molecule has 2 unspecified atom stereocenters. The molecule has 94 valence electrons. The van der Waals surface area contributed by atoms with Crippen molar-refractivity contribution >= 4 is 11.8 Å². The zero-order valence-corrected chi connectivity index (χ0v) is 9.43. The fourth-order valence-electron chi connectivity index (χ4n) is 1.71. The zero-order valence-electron chi connectivity index (χ0n) is 8.62. The molecule has 1 aliphatic heterocycles. The van der Waals surface area contributed by atoms with Crippen LogP contribution < -0.4 is 11.2 Å². The largest absolute Gasteiger partial charge is 0.395 e. The van der Waals surface area contributed by atoms with Gasteiger partial charge in [0, 0.05) is 12.3 Å². The molecule has 0 spiro atoms. The summed E-state index contributed by atoms with van der Waals surface area (Å²) in [5, 5.41) is 16.8. The topological polar surface area (TPSA) is 95.3 Å². The molecule has 8 heteroatoms. The van der Waals surface area contributed by atoms with Gasteiger partial charge >= 0.3 is 5.69 Å². The second-order valence-electron chi connectivity index (χ2n) is 3.70. The van der Waals surface area contributed by atoms with Crippen LogP contribution in [0.25, 0.3) is 0 Å². The predicted molar refractivity (Wildman–Crippen MR) is 59.7 cm³/mol. The molecule has 0 saturated carbocycles. The quantitative estimate of drug-likeness (QED) is 0.625. The van der Waals surface area contributed by atoms with Gasteiger partial charge < -0.3 is 10.2 Å². The second kappa shape index (κ2) is 4.63. The van der Waals surface area contributed by atoms with Crippen LogP contribution in [0.5, 0.6) is 0 Å². The highest BCUT2D eigenvalue weighted by molar-refractivity contribution is 8.00. The number of H-pyrrole nitrogens is 1. The van der Waals surface area contributed by atoms with Crippen molar-refractivity contribution in [2.24, 2.45) is 0 Å². The molecule has 0 bridgehead atoms. The lowest BCUT2D eigenvalue weighted by Gasteiger charge is -2.15. The third-order valence-corrected chi connectivity index (χ3v) is 4.14. The van der Waals surface area contributed by atoms with E-state index in [2.05, 4.69) is 0 Å². The summed E-state index contributed by atoms with van der Waals surface area (Å²) in [5.41, 5.74) is -1.30. The van der Waals surface area contributed by atoms with E-state index in [4.69, 9.17) is 5.11 Å². The smallest absolute Gasteiger partial charge is 0.329 e. The van der Waals surface area contributed by atoms with E-state index in [0.717, 1.165) is 22.4 Å². The van der Waals surface area contributed by atoms with Crippen molar-refractivity contribution in [1.82, 2.24) is 9.55 Å². The first kappa shape index (κ1) is 12.3. The third kappa shape index (κ3) is 2.15. The Morgan fingerprint density at radius 3 is 2.76 bits per heavy atom. The monoisotopic (exact) mass is 262 g/mol. The number of aromatic amines is 1. The number of aliphatic hydroxyl groups is 2. The minimum absolute atomic E-state index is 0.374. The molecule has 2 rings (SSSR count). The number of thioether (sulfide) groups is 1. The summed E-state index contributed by atoms with van der Waals surface area (Å²) < 4.78 is 14.8. The van der Waals surface area contributed by atoms with E-state index in [9.17, 15) is 19.1 Å². The van der Waals surface area contributed by atoms with E-state index < -0.39 is 34.1 Å². The van der Waals surface area contributed by atoms with E-state index >= 15 is 0 Å². The van der Waals surface area contributed by atoms with Gasteiger partial charge in [0.25, 0.3) is 5.56 Å². The van der Waals surface area contributed by atoms with E-state index in [1.165, 1.54) is 6.20 Å². The van der Waals surface area contributed by atoms with Crippen molar-refractivity contribution in [3.8, 4) is 0 Å². The third-order valence-electron chi connectivity index (χ3n) is 2.60. The number of nitrogens with zero attached hydrogens (tertiary/aromatic N) is 1. The lowest BCUT2D eigenvalue weighted by Crippen LogP contribution is -2.35. The summed E-state index contributed by atoms with van der Waals surface area (Å²) in [4.78, 5) is 24.3. The maximum absolute atomic E-state index is 13.8. The van der Waals surface area contributed by atoms with Crippen LogP contribution in [0, 0.1) is 0 Å². The van der Waals surface area contributed by atoms with Crippen molar-refractivity contribution in [2.45, 2.75) is 22.9 Å².